The van der Waals surface area contributed by atoms with E-state index in [9.17, 15) is 26.7 Å². The quantitative estimate of drug-likeness (QED) is 0.390. The van der Waals surface area contributed by atoms with Crippen LogP contribution in [0.1, 0.15) is 28.4 Å². The SMILES string of the molecule is CCn1ncc(C(=O)c2ccc(S(C)(=O)=O)c(NCCOC)c2CS(C)(=O)=O)c1O. The number of aromatic hydroxyl groups is 1. The van der Waals surface area contributed by atoms with Crippen molar-refractivity contribution >= 4 is 31.1 Å². The molecule has 12 heteroatoms. The maximum absolute atomic E-state index is 13.1. The minimum atomic E-state index is -3.74. The van der Waals surface area contributed by atoms with E-state index in [1.807, 2.05) is 0 Å². The van der Waals surface area contributed by atoms with Crippen molar-refractivity contribution in [2.45, 2.75) is 24.1 Å². The highest BCUT2D eigenvalue weighted by Crippen LogP contribution is 2.33. The number of hydrogen-bond donors (Lipinski definition) is 2. The Morgan fingerprint density at radius 2 is 1.87 bits per heavy atom. The first-order chi connectivity index (χ1) is 13.9. The number of nitrogens with one attached hydrogen (secondary N) is 1. The first-order valence-corrected chi connectivity index (χ1v) is 12.9. The summed E-state index contributed by atoms with van der Waals surface area (Å²) in [5.74, 6) is -1.59. The number of carbonyl (C=O) groups is 1. The molecule has 2 N–H and O–H groups in total. The Labute approximate surface area is 175 Å². The molecule has 0 aliphatic heterocycles. The number of rotatable bonds is 10. The maximum atomic E-state index is 13.1. The van der Waals surface area contributed by atoms with E-state index in [0.29, 0.717) is 6.54 Å². The molecule has 0 saturated carbocycles. The van der Waals surface area contributed by atoms with Crippen molar-refractivity contribution in [2.24, 2.45) is 0 Å². The van der Waals surface area contributed by atoms with Gasteiger partial charge in [0.1, 0.15) is 5.56 Å². The molecule has 1 aromatic carbocycles. The number of carbonyl (C=O) groups excluding carboxylic acids is 1. The van der Waals surface area contributed by atoms with Gasteiger partial charge in [-0.2, -0.15) is 5.10 Å². The van der Waals surface area contributed by atoms with E-state index < -0.39 is 31.2 Å². The number of aryl methyl sites for hydroxylation is 1. The van der Waals surface area contributed by atoms with Gasteiger partial charge in [-0.3, -0.25) is 4.79 Å². The molecule has 1 aromatic heterocycles. The van der Waals surface area contributed by atoms with Crippen LogP contribution >= 0.6 is 0 Å². The number of hydrogen-bond acceptors (Lipinski definition) is 9. The highest BCUT2D eigenvalue weighted by molar-refractivity contribution is 7.91. The molecule has 30 heavy (non-hydrogen) atoms. The molecule has 0 unspecified atom stereocenters. The van der Waals surface area contributed by atoms with Crippen LogP contribution in [0.3, 0.4) is 0 Å². The minimum absolute atomic E-state index is 0.00479. The molecule has 0 aliphatic carbocycles. The summed E-state index contributed by atoms with van der Waals surface area (Å²) in [6, 6.07) is 2.49. The molecule has 1 heterocycles. The van der Waals surface area contributed by atoms with Crippen molar-refractivity contribution in [1.29, 1.82) is 0 Å². The fourth-order valence-electron chi connectivity index (χ4n) is 2.95. The topological polar surface area (TPSA) is 145 Å². The summed E-state index contributed by atoms with van der Waals surface area (Å²) in [5, 5.41) is 17.1. The molecule has 0 atom stereocenters. The number of sulfone groups is 2. The molecule has 0 radical (unpaired) electrons. The highest BCUT2D eigenvalue weighted by atomic mass is 32.2. The van der Waals surface area contributed by atoms with E-state index in [1.165, 1.54) is 30.1 Å². The van der Waals surface area contributed by atoms with Gasteiger partial charge in [0, 0.05) is 43.8 Å². The third-order valence-electron chi connectivity index (χ3n) is 4.29. The normalized spacial score (nSPS) is 12.1. The second-order valence-corrected chi connectivity index (χ2v) is 10.9. The lowest BCUT2D eigenvalue weighted by Gasteiger charge is -2.18. The molecule has 0 fully saturated rings. The molecule has 166 valence electrons. The lowest BCUT2D eigenvalue weighted by Crippen LogP contribution is -2.18. The lowest BCUT2D eigenvalue weighted by atomic mass is 9.99. The second kappa shape index (κ2) is 9.14. The minimum Gasteiger partial charge on any atom is -0.493 e. The first kappa shape index (κ1) is 23.8. The molecular weight excluding hydrogens is 434 g/mol. The van der Waals surface area contributed by atoms with Crippen molar-refractivity contribution in [3.05, 3.63) is 35.0 Å². The Bertz CT molecular complexity index is 1150. The number of anilines is 1. The molecule has 0 amide bonds. The van der Waals surface area contributed by atoms with Crippen molar-refractivity contribution < 1.29 is 31.5 Å². The van der Waals surface area contributed by atoms with E-state index >= 15 is 0 Å². The molecule has 0 bridgehead atoms. The predicted molar refractivity (Wildman–Crippen MR) is 111 cm³/mol. The summed E-state index contributed by atoms with van der Waals surface area (Å²) in [5.41, 5.74) is -0.126. The van der Waals surface area contributed by atoms with Gasteiger partial charge in [-0.15, -0.1) is 0 Å². The van der Waals surface area contributed by atoms with E-state index in [1.54, 1.807) is 6.92 Å². The second-order valence-electron chi connectivity index (χ2n) is 6.75. The Morgan fingerprint density at radius 1 is 1.20 bits per heavy atom. The summed E-state index contributed by atoms with van der Waals surface area (Å²) in [4.78, 5) is 13.0. The van der Waals surface area contributed by atoms with Gasteiger partial charge in [-0.25, -0.2) is 21.5 Å². The van der Waals surface area contributed by atoms with Gasteiger partial charge in [0.05, 0.1) is 29.1 Å². The van der Waals surface area contributed by atoms with E-state index in [2.05, 4.69) is 10.4 Å². The number of nitrogens with zero attached hydrogens (tertiary/aromatic N) is 2. The zero-order valence-electron chi connectivity index (χ0n) is 17.2. The third kappa shape index (κ3) is 5.37. The fraction of sp³-hybridized carbons (Fsp3) is 0.444. The molecule has 0 spiro atoms. The molecule has 2 rings (SSSR count). The van der Waals surface area contributed by atoms with E-state index in [4.69, 9.17) is 4.74 Å². The standard InChI is InChI=1S/C18H25N3O7S2/c1-5-21-18(23)13(10-20-21)17(22)12-6-7-15(30(4,26)27)16(19-8-9-28-2)14(12)11-29(3,24)25/h6-7,10,19,23H,5,8-9,11H2,1-4H3. The number of methoxy groups -OCH3 is 1. The summed E-state index contributed by atoms with van der Waals surface area (Å²) < 4.78 is 55.0. The smallest absolute Gasteiger partial charge is 0.220 e. The van der Waals surface area contributed by atoms with Gasteiger partial charge in [0.25, 0.3) is 0 Å². The van der Waals surface area contributed by atoms with E-state index in [-0.39, 0.29) is 46.3 Å². The Kier molecular flexibility index (Phi) is 7.27. The Hall–Kier alpha value is -2.44. The summed E-state index contributed by atoms with van der Waals surface area (Å²) in [7, 11) is -5.92. The average molecular weight is 460 g/mol. The van der Waals surface area contributed by atoms with Gasteiger partial charge in [0.15, 0.2) is 25.5 Å². The van der Waals surface area contributed by atoms with Crippen molar-refractivity contribution in [3.8, 4) is 5.88 Å². The molecule has 10 nitrogen and oxygen atoms in total. The van der Waals surface area contributed by atoms with Gasteiger partial charge in [-0.1, -0.05) is 0 Å². The Morgan fingerprint density at radius 3 is 2.37 bits per heavy atom. The summed E-state index contributed by atoms with van der Waals surface area (Å²) in [6.45, 7) is 2.47. The fourth-order valence-corrected chi connectivity index (χ4v) is 4.65. The molecular formula is C18H25N3O7S2. The molecule has 2 aromatic rings. The van der Waals surface area contributed by atoms with Crippen LogP contribution in [0.4, 0.5) is 5.69 Å². The predicted octanol–water partition coefficient (Wildman–Crippen LogP) is 0.846. The summed E-state index contributed by atoms with van der Waals surface area (Å²) in [6.07, 6.45) is 3.17. The van der Waals surface area contributed by atoms with Crippen LogP contribution in [0, 0.1) is 0 Å². The summed E-state index contributed by atoms with van der Waals surface area (Å²) >= 11 is 0. The zero-order valence-corrected chi connectivity index (χ0v) is 18.8. The number of ether oxygens (including phenoxy) is 1. The van der Waals surface area contributed by atoms with Gasteiger partial charge in [0.2, 0.25) is 5.88 Å². The van der Waals surface area contributed by atoms with Crippen LogP contribution in [0.25, 0.3) is 0 Å². The number of benzene rings is 1. The van der Waals surface area contributed by atoms with Gasteiger partial charge in [-0.05, 0) is 19.1 Å². The van der Waals surface area contributed by atoms with Gasteiger partial charge >= 0.3 is 0 Å². The van der Waals surface area contributed by atoms with Crippen LogP contribution in [-0.2, 0) is 36.7 Å². The largest absolute Gasteiger partial charge is 0.493 e. The van der Waals surface area contributed by atoms with Crippen molar-refractivity contribution in [3.63, 3.8) is 0 Å². The maximum Gasteiger partial charge on any atom is 0.220 e. The monoisotopic (exact) mass is 459 g/mol. The number of ketones is 1. The van der Waals surface area contributed by atoms with E-state index in [0.717, 1.165) is 12.5 Å². The van der Waals surface area contributed by atoms with Crippen molar-refractivity contribution in [1.82, 2.24) is 9.78 Å². The van der Waals surface area contributed by atoms with Crippen molar-refractivity contribution in [2.75, 3.05) is 38.1 Å². The zero-order chi connectivity index (χ0) is 22.7. The molecule has 0 aliphatic rings. The lowest BCUT2D eigenvalue weighted by molar-refractivity contribution is 0.103. The average Bonchev–Trinajstić information content (AvgIpc) is 3.00. The van der Waals surface area contributed by atoms with Gasteiger partial charge < -0.3 is 15.2 Å². The third-order valence-corrected chi connectivity index (χ3v) is 6.24. The molecule has 0 saturated heterocycles. The number of aromatic nitrogens is 2. The first-order valence-electron chi connectivity index (χ1n) is 8.96. The van der Waals surface area contributed by atoms with Crippen LogP contribution in [-0.4, -0.2) is 70.3 Å². The van der Waals surface area contributed by atoms with Crippen LogP contribution in [0.15, 0.2) is 23.2 Å². The Balaban J connectivity index is 2.76. The highest BCUT2D eigenvalue weighted by Gasteiger charge is 2.27. The van der Waals surface area contributed by atoms with Crippen LogP contribution in [0.5, 0.6) is 5.88 Å². The van der Waals surface area contributed by atoms with Crippen LogP contribution in [0.2, 0.25) is 0 Å². The van der Waals surface area contributed by atoms with Crippen LogP contribution < -0.4 is 5.32 Å².